The van der Waals surface area contributed by atoms with Crippen molar-refractivity contribution >= 4 is 75.9 Å². The van der Waals surface area contributed by atoms with Crippen molar-refractivity contribution in [2.24, 2.45) is 0 Å². The molecule has 0 atom stereocenters. The third-order valence-electron chi connectivity index (χ3n) is 17.9. The Hall–Kier alpha value is -10.2. The summed E-state index contributed by atoms with van der Waals surface area (Å²) in [5, 5.41) is 12.6. The first-order valence-electron chi connectivity index (χ1n) is 28.4. The predicted octanol–water partition coefficient (Wildman–Crippen LogP) is 20.3. The van der Waals surface area contributed by atoms with Crippen LogP contribution >= 0.6 is 0 Å². The zero-order valence-corrected chi connectivity index (χ0v) is 46.0. The van der Waals surface area contributed by atoms with Gasteiger partial charge in [-0.05, 0) is 147 Å². The normalized spacial score (nSPS) is 13.6. The zero-order valence-electron chi connectivity index (χ0n) is 46.0. The second-order valence-electron chi connectivity index (χ2n) is 23.3. The fraction of sp³-hybridized carbons (Fsp3) is 0.0769. The van der Waals surface area contributed by atoms with Crippen LogP contribution in [-0.4, -0.2) is 19.9 Å². The monoisotopic (exact) mass is 1050 g/mol. The van der Waals surface area contributed by atoms with E-state index in [1.165, 1.54) is 98.4 Å². The van der Waals surface area contributed by atoms with Crippen molar-refractivity contribution in [2.75, 3.05) is 0 Å². The average Bonchev–Trinajstić information content (AvgIpc) is 4.12. The number of fused-ring (bicyclic) bond motifs is 17. The van der Waals surface area contributed by atoms with Crippen LogP contribution in [0.3, 0.4) is 0 Å². The van der Waals surface area contributed by atoms with Crippen LogP contribution in [0.2, 0.25) is 0 Å². The summed E-state index contributed by atoms with van der Waals surface area (Å²) in [6, 6.07) is 91.5. The minimum atomic E-state index is -0.0880. The molecule has 2 aromatic heterocycles. The average molecular weight is 1050 g/mol. The summed E-state index contributed by atoms with van der Waals surface area (Å²) >= 11 is 0. The van der Waals surface area contributed by atoms with Crippen molar-refractivity contribution in [1.82, 2.24) is 19.9 Å². The quantitative estimate of drug-likeness (QED) is 0.165. The summed E-state index contributed by atoms with van der Waals surface area (Å²) in [5.41, 5.74) is 22.2. The molecule has 4 nitrogen and oxygen atoms in total. The topological polar surface area (TPSA) is 51.6 Å². The van der Waals surface area contributed by atoms with Crippen LogP contribution in [0, 0.1) is 0 Å². The molecule has 0 N–H and O–H groups in total. The lowest BCUT2D eigenvalue weighted by Crippen LogP contribution is -2.15. The van der Waals surface area contributed by atoms with Gasteiger partial charge in [0.15, 0.2) is 0 Å². The third-order valence-corrected chi connectivity index (χ3v) is 17.9. The highest BCUT2D eigenvalue weighted by Crippen LogP contribution is 2.52. The number of hydrogen-bond donors (Lipinski definition) is 0. The summed E-state index contributed by atoms with van der Waals surface area (Å²) in [4.78, 5) is 21.0. The molecule has 0 aliphatic heterocycles. The van der Waals surface area contributed by atoms with E-state index in [0.29, 0.717) is 0 Å². The molecule has 13 aromatic carbocycles. The first-order chi connectivity index (χ1) is 40.2. The molecular weight excluding hydrogens is 993 g/mol. The summed E-state index contributed by atoms with van der Waals surface area (Å²) in [7, 11) is 0. The molecule has 0 amide bonds. The van der Waals surface area contributed by atoms with Crippen LogP contribution in [0.5, 0.6) is 0 Å². The van der Waals surface area contributed by atoms with Crippen LogP contribution in [0.25, 0.3) is 143 Å². The minimum absolute atomic E-state index is 0.0730. The molecule has 4 heteroatoms. The second-order valence-corrected chi connectivity index (χ2v) is 23.3. The molecule has 386 valence electrons. The molecule has 0 bridgehead atoms. The maximum absolute atomic E-state index is 5.28. The smallest absolute Gasteiger partial charge is 0.0973 e. The van der Waals surface area contributed by atoms with Crippen molar-refractivity contribution in [3.05, 3.63) is 277 Å². The highest BCUT2D eigenvalue weighted by molar-refractivity contribution is 6.26. The van der Waals surface area contributed by atoms with E-state index in [0.717, 1.165) is 67.1 Å². The highest BCUT2D eigenvalue weighted by atomic mass is 14.8. The number of benzene rings is 13. The van der Waals surface area contributed by atoms with Crippen molar-refractivity contribution < 1.29 is 0 Å². The van der Waals surface area contributed by atoms with Crippen molar-refractivity contribution in [3.8, 4) is 67.3 Å². The molecule has 2 heterocycles. The van der Waals surface area contributed by atoms with Gasteiger partial charge in [-0.15, -0.1) is 0 Å². The minimum Gasteiger partial charge on any atom is -0.244 e. The van der Waals surface area contributed by atoms with Gasteiger partial charge in [-0.2, -0.15) is 0 Å². The van der Waals surface area contributed by atoms with Crippen molar-refractivity contribution in [2.45, 2.75) is 38.5 Å². The molecule has 0 unspecified atom stereocenters. The Labute approximate surface area is 476 Å². The van der Waals surface area contributed by atoms with Gasteiger partial charge in [-0.3, -0.25) is 0 Å². The fourth-order valence-corrected chi connectivity index (χ4v) is 13.7. The van der Waals surface area contributed by atoms with Gasteiger partial charge >= 0.3 is 0 Å². The van der Waals surface area contributed by atoms with Crippen LogP contribution in [-0.2, 0) is 10.8 Å². The number of aromatic nitrogens is 4. The summed E-state index contributed by atoms with van der Waals surface area (Å²) in [6.07, 6.45) is 0. The standard InChI is InChI=1S/C41H28N2.C37H26N2/c1-41(2)35-16-8-7-15-32(35)33-22-20-26(24-36(33)41)40-39(42-37-17-9-10-18-38(37)43-40)25-19-21-31-29-13-4-3-11-27(29)28-12-5-6-14-30(28)34(31)23-25;1-37(2)31-12-6-5-11-29(31)30-20-18-26(22-32(30)37)36-35(38-33-13-7-8-14-34(33)39-36)25-17-19-28-24(21-25)16-15-23-9-3-4-10-27(23)28/h3-24H,1-2H3;3-22H,1-2H3. The fourth-order valence-electron chi connectivity index (χ4n) is 13.7. The molecule has 17 rings (SSSR count). The largest absolute Gasteiger partial charge is 0.244 e. The van der Waals surface area contributed by atoms with Crippen molar-refractivity contribution in [1.29, 1.82) is 0 Å². The summed E-state index contributed by atoms with van der Waals surface area (Å²) in [5.74, 6) is 0. The predicted molar refractivity (Wildman–Crippen MR) is 343 cm³/mol. The Morgan fingerprint density at radius 3 is 1.02 bits per heavy atom. The van der Waals surface area contributed by atoms with E-state index >= 15 is 0 Å². The van der Waals surface area contributed by atoms with Gasteiger partial charge in [0.25, 0.3) is 0 Å². The SMILES string of the molecule is CC1(C)c2ccccc2-c2ccc(-c3nc4ccccc4nc3-c3ccc4c(ccc5ccccc54)c3)cc21.CC1(C)c2ccccc2-c2ccc(-c3nc4ccccc4nc3-c3ccc4c5ccccc5c5ccccc5c4c3)cc21. The lowest BCUT2D eigenvalue weighted by molar-refractivity contribution is 0.660. The van der Waals surface area contributed by atoms with E-state index in [1.807, 2.05) is 30.3 Å². The van der Waals surface area contributed by atoms with Crippen LogP contribution in [0.1, 0.15) is 49.9 Å². The van der Waals surface area contributed by atoms with Gasteiger partial charge < -0.3 is 0 Å². The molecule has 0 radical (unpaired) electrons. The molecule has 2 aliphatic carbocycles. The van der Waals surface area contributed by atoms with Gasteiger partial charge in [-0.1, -0.05) is 234 Å². The van der Waals surface area contributed by atoms with Crippen LogP contribution in [0.4, 0.5) is 0 Å². The molecule has 2 aliphatic rings. The molecule has 0 spiro atoms. The first-order valence-corrected chi connectivity index (χ1v) is 28.4. The van der Waals surface area contributed by atoms with Gasteiger partial charge in [0, 0.05) is 33.1 Å². The molecule has 0 saturated heterocycles. The number of para-hydroxylation sites is 4. The van der Waals surface area contributed by atoms with E-state index in [4.69, 9.17) is 19.9 Å². The zero-order chi connectivity index (χ0) is 54.8. The Balaban J connectivity index is 0.000000136. The molecule has 0 fully saturated rings. The molecular formula is C78H54N4. The Morgan fingerprint density at radius 2 is 0.537 bits per heavy atom. The van der Waals surface area contributed by atoms with Gasteiger partial charge in [0.2, 0.25) is 0 Å². The van der Waals surface area contributed by atoms with Gasteiger partial charge in [-0.25, -0.2) is 19.9 Å². The summed E-state index contributed by atoms with van der Waals surface area (Å²) in [6.45, 7) is 9.30. The van der Waals surface area contributed by atoms with Crippen LogP contribution < -0.4 is 0 Å². The van der Waals surface area contributed by atoms with E-state index in [1.54, 1.807) is 0 Å². The Morgan fingerprint density at radius 1 is 0.220 bits per heavy atom. The summed E-state index contributed by atoms with van der Waals surface area (Å²) < 4.78 is 0. The van der Waals surface area contributed by atoms with E-state index in [2.05, 4.69) is 252 Å². The highest BCUT2D eigenvalue weighted by Gasteiger charge is 2.37. The molecule has 0 saturated carbocycles. The maximum atomic E-state index is 5.28. The Bertz CT molecular complexity index is 5150. The lowest BCUT2D eigenvalue weighted by Gasteiger charge is -2.22. The van der Waals surface area contributed by atoms with E-state index in [9.17, 15) is 0 Å². The maximum Gasteiger partial charge on any atom is 0.0973 e. The third kappa shape index (κ3) is 7.38. The first kappa shape index (κ1) is 47.8. The molecule has 15 aromatic rings. The Kier molecular flexibility index (Phi) is 10.6. The number of hydrogen-bond acceptors (Lipinski definition) is 4. The van der Waals surface area contributed by atoms with E-state index < -0.39 is 0 Å². The second kappa shape index (κ2) is 18.2. The van der Waals surface area contributed by atoms with Gasteiger partial charge in [0.05, 0.1) is 44.8 Å². The van der Waals surface area contributed by atoms with Gasteiger partial charge in [0.1, 0.15) is 0 Å². The van der Waals surface area contributed by atoms with Crippen LogP contribution in [0.15, 0.2) is 255 Å². The van der Waals surface area contributed by atoms with E-state index in [-0.39, 0.29) is 10.8 Å². The number of nitrogens with zero attached hydrogens (tertiary/aromatic N) is 4. The number of rotatable bonds is 4. The molecule has 82 heavy (non-hydrogen) atoms. The van der Waals surface area contributed by atoms with Crippen molar-refractivity contribution in [3.63, 3.8) is 0 Å². The lowest BCUT2D eigenvalue weighted by atomic mass is 9.81.